The van der Waals surface area contributed by atoms with E-state index in [0.29, 0.717) is 57.4 Å². The first-order valence-corrected chi connectivity index (χ1v) is 13.9. The maximum absolute atomic E-state index is 13.2. The molecule has 0 atom stereocenters. The van der Waals surface area contributed by atoms with Crippen LogP contribution < -0.4 is 29.6 Å². The number of fused-ring (bicyclic) bond motifs is 1. The van der Waals surface area contributed by atoms with Crippen LogP contribution in [0.1, 0.15) is 31.3 Å². The minimum absolute atomic E-state index is 0.0945. The average Bonchev–Trinajstić information content (AvgIpc) is 3.41. The van der Waals surface area contributed by atoms with E-state index in [-0.39, 0.29) is 11.7 Å². The van der Waals surface area contributed by atoms with Crippen LogP contribution in [0, 0.1) is 0 Å². The summed E-state index contributed by atoms with van der Waals surface area (Å²) in [6.45, 7) is 6.27. The molecule has 0 spiro atoms. The molecule has 0 aliphatic carbocycles. The molecule has 2 aromatic carbocycles. The molecule has 3 heterocycles. The molecule has 43 heavy (non-hydrogen) atoms. The van der Waals surface area contributed by atoms with Gasteiger partial charge in [-0.3, -0.25) is 9.78 Å². The molecular weight excluding hydrogens is 572 g/mol. The molecule has 0 aliphatic rings. The van der Waals surface area contributed by atoms with Crippen LogP contribution in [0.5, 0.6) is 28.7 Å². The number of halogens is 1. The van der Waals surface area contributed by atoms with Gasteiger partial charge in [-0.1, -0.05) is 11.6 Å². The third kappa shape index (κ3) is 6.57. The monoisotopic (exact) mass is 602 g/mol. The summed E-state index contributed by atoms with van der Waals surface area (Å²) in [5.41, 5.74) is 2.27. The quantitative estimate of drug-likeness (QED) is 0.169. The summed E-state index contributed by atoms with van der Waals surface area (Å²) in [5, 5.41) is 11.8. The minimum atomic E-state index is -0.487. The third-order valence-electron chi connectivity index (χ3n) is 6.26. The molecule has 0 saturated carbocycles. The summed E-state index contributed by atoms with van der Waals surface area (Å²) in [6, 6.07) is 14.5. The van der Waals surface area contributed by atoms with E-state index in [9.17, 15) is 4.79 Å². The molecule has 12 heteroatoms. The van der Waals surface area contributed by atoms with E-state index < -0.39 is 5.91 Å². The van der Waals surface area contributed by atoms with E-state index in [2.05, 4.69) is 25.7 Å². The second kappa shape index (κ2) is 12.9. The molecule has 0 aliphatic heterocycles. The summed E-state index contributed by atoms with van der Waals surface area (Å²) in [5.74, 6) is 2.28. The molecule has 0 fully saturated rings. The average molecular weight is 603 g/mol. The Balaban J connectivity index is 1.33. The van der Waals surface area contributed by atoms with Crippen molar-refractivity contribution in [3.63, 3.8) is 0 Å². The predicted octanol–water partition coefficient (Wildman–Crippen LogP) is 6.75. The summed E-state index contributed by atoms with van der Waals surface area (Å²) >= 11 is 6.55. The van der Waals surface area contributed by atoms with Crippen LogP contribution in [0.25, 0.3) is 16.6 Å². The molecule has 1 amide bonds. The van der Waals surface area contributed by atoms with Gasteiger partial charge in [-0.15, -0.1) is 0 Å². The molecule has 0 radical (unpaired) electrons. The van der Waals surface area contributed by atoms with Crippen LogP contribution >= 0.6 is 11.6 Å². The van der Waals surface area contributed by atoms with E-state index >= 15 is 0 Å². The van der Waals surface area contributed by atoms with Gasteiger partial charge in [0.1, 0.15) is 17.3 Å². The maximum Gasteiger partial charge on any atom is 0.281 e. The zero-order valence-corrected chi connectivity index (χ0v) is 25.1. The van der Waals surface area contributed by atoms with E-state index in [0.717, 1.165) is 11.1 Å². The van der Waals surface area contributed by atoms with Crippen LogP contribution in [0.15, 0.2) is 67.1 Å². The standard InChI is InChI=1S/C31H31ClN6O5/c1-6-42-28-17-38(24-9-7-19(13-22(24)32)35-18(2)3)37-30(28)31(39)36-29-10-8-20(16-34-29)43-25-11-12-33-23-15-27(41-5)26(40-4)14-21(23)25/h7-18,35H,6H2,1-5H3,(H,34,36,39). The molecule has 2 N–H and O–H groups in total. The lowest BCUT2D eigenvalue weighted by atomic mass is 10.2. The van der Waals surface area contributed by atoms with Gasteiger partial charge in [-0.05, 0) is 63.2 Å². The number of nitrogens with zero attached hydrogens (tertiary/aromatic N) is 4. The number of amides is 1. The molecule has 0 saturated heterocycles. The highest BCUT2D eigenvalue weighted by atomic mass is 35.5. The topological polar surface area (TPSA) is 122 Å². The largest absolute Gasteiger partial charge is 0.493 e. The number of ether oxygens (including phenoxy) is 4. The SMILES string of the molecule is CCOc1cn(-c2ccc(NC(C)C)cc2Cl)nc1C(=O)Nc1ccc(Oc2ccnc3cc(OC)c(OC)cc23)cn1. The smallest absolute Gasteiger partial charge is 0.281 e. The number of methoxy groups -OCH3 is 2. The van der Waals surface area contributed by atoms with Crippen molar-refractivity contribution in [1.29, 1.82) is 0 Å². The summed E-state index contributed by atoms with van der Waals surface area (Å²) in [7, 11) is 3.14. The van der Waals surface area contributed by atoms with E-state index in [1.807, 2.05) is 39.0 Å². The number of aromatic nitrogens is 4. The minimum Gasteiger partial charge on any atom is -0.493 e. The number of hydrogen-bond acceptors (Lipinski definition) is 9. The lowest BCUT2D eigenvalue weighted by Crippen LogP contribution is -2.15. The normalized spacial score (nSPS) is 11.0. The van der Waals surface area contributed by atoms with Gasteiger partial charge in [0, 0.05) is 29.4 Å². The summed E-state index contributed by atoms with van der Waals surface area (Å²) < 4.78 is 24.1. The van der Waals surface area contributed by atoms with Crippen molar-refractivity contribution < 1.29 is 23.7 Å². The van der Waals surface area contributed by atoms with E-state index in [1.54, 1.807) is 56.9 Å². The van der Waals surface area contributed by atoms with Crippen LogP contribution in [0.4, 0.5) is 11.5 Å². The Labute approximate surface area is 253 Å². The Hall–Kier alpha value is -5.03. The molecule has 5 rings (SSSR count). The second-order valence-electron chi connectivity index (χ2n) is 9.65. The molecule has 11 nitrogen and oxygen atoms in total. The Bertz CT molecular complexity index is 1760. The molecule has 5 aromatic rings. The number of carbonyl (C=O) groups is 1. The lowest BCUT2D eigenvalue weighted by molar-refractivity contribution is 0.101. The zero-order chi connectivity index (χ0) is 30.5. The number of anilines is 2. The molecule has 0 bridgehead atoms. The molecular formula is C31H31ClN6O5. The Morgan fingerprint density at radius 3 is 2.44 bits per heavy atom. The third-order valence-corrected chi connectivity index (χ3v) is 6.56. The van der Waals surface area contributed by atoms with Gasteiger partial charge in [0.05, 0.1) is 49.4 Å². The number of nitrogens with one attached hydrogen (secondary N) is 2. The van der Waals surface area contributed by atoms with E-state index in [1.165, 1.54) is 10.9 Å². The molecule has 3 aromatic heterocycles. The highest BCUT2D eigenvalue weighted by Crippen LogP contribution is 2.37. The van der Waals surface area contributed by atoms with Crippen molar-refractivity contribution in [3.05, 3.63) is 77.8 Å². The summed E-state index contributed by atoms with van der Waals surface area (Å²) in [6.07, 6.45) is 4.78. The Kier molecular flexibility index (Phi) is 8.82. The van der Waals surface area contributed by atoms with Gasteiger partial charge in [-0.25, -0.2) is 9.67 Å². The Morgan fingerprint density at radius 1 is 0.977 bits per heavy atom. The van der Waals surface area contributed by atoms with Crippen molar-refractivity contribution in [1.82, 2.24) is 19.7 Å². The fourth-order valence-electron chi connectivity index (χ4n) is 4.37. The fourth-order valence-corrected chi connectivity index (χ4v) is 4.64. The van der Waals surface area contributed by atoms with Gasteiger partial charge in [0.15, 0.2) is 22.9 Å². The highest BCUT2D eigenvalue weighted by Gasteiger charge is 2.21. The number of carbonyl (C=O) groups excluding carboxylic acids is 1. The number of rotatable bonds is 11. The first-order valence-electron chi connectivity index (χ1n) is 13.5. The highest BCUT2D eigenvalue weighted by molar-refractivity contribution is 6.32. The molecule has 0 unspecified atom stereocenters. The first kappa shape index (κ1) is 29.5. The number of benzene rings is 2. The number of pyridine rings is 2. The summed E-state index contributed by atoms with van der Waals surface area (Å²) in [4.78, 5) is 22.0. The lowest BCUT2D eigenvalue weighted by Gasteiger charge is -2.12. The van der Waals surface area contributed by atoms with Crippen molar-refractivity contribution >= 4 is 39.9 Å². The maximum atomic E-state index is 13.2. The van der Waals surface area contributed by atoms with Crippen molar-refractivity contribution in [3.8, 4) is 34.4 Å². The van der Waals surface area contributed by atoms with Crippen molar-refractivity contribution in [2.75, 3.05) is 31.5 Å². The first-order chi connectivity index (χ1) is 20.8. The number of hydrogen-bond donors (Lipinski definition) is 2. The van der Waals surface area contributed by atoms with Crippen LogP contribution in [0.2, 0.25) is 5.02 Å². The predicted molar refractivity (Wildman–Crippen MR) is 166 cm³/mol. The van der Waals surface area contributed by atoms with Gasteiger partial charge in [0.2, 0.25) is 0 Å². The van der Waals surface area contributed by atoms with Gasteiger partial charge < -0.3 is 29.6 Å². The van der Waals surface area contributed by atoms with Crippen LogP contribution in [-0.4, -0.2) is 52.5 Å². The second-order valence-corrected chi connectivity index (χ2v) is 10.1. The molecule has 222 valence electrons. The van der Waals surface area contributed by atoms with Crippen molar-refractivity contribution in [2.24, 2.45) is 0 Å². The van der Waals surface area contributed by atoms with Gasteiger partial charge >= 0.3 is 0 Å². The van der Waals surface area contributed by atoms with Gasteiger partial charge in [0.25, 0.3) is 5.91 Å². The van der Waals surface area contributed by atoms with E-state index in [4.69, 9.17) is 30.5 Å². The van der Waals surface area contributed by atoms with Crippen LogP contribution in [0.3, 0.4) is 0 Å². The van der Waals surface area contributed by atoms with Gasteiger partial charge in [-0.2, -0.15) is 5.10 Å². The van der Waals surface area contributed by atoms with Crippen molar-refractivity contribution in [2.45, 2.75) is 26.8 Å². The van der Waals surface area contributed by atoms with Crippen LogP contribution in [-0.2, 0) is 0 Å². The zero-order valence-electron chi connectivity index (χ0n) is 24.3. The Morgan fingerprint density at radius 2 is 1.77 bits per heavy atom. The fraction of sp³-hybridized carbons (Fsp3) is 0.226.